The highest BCUT2D eigenvalue weighted by molar-refractivity contribution is 7.71. The third-order valence-corrected chi connectivity index (χ3v) is 6.50. The molecule has 32 heavy (non-hydrogen) atoms. The summed E-state index contributed by atoms with van der Waals surface area (Å²) in [5.41, 5.74) is 1.81. The molecule has 1 aromatic heterocycles. The van der Waals surface area contributed by atoms with Gasteiger partial charge in [-0.25, -0.2) is 0 Å². The number of carbonyl (C=O) groups is 1. The lowest BCUT2D eigenvalue weighted by atomic mass is 9.74. The maximum atomic E-state index is 12.9. The highest BCUT2D eigenvalue weighted by Crippen LogP contribution is 2.35. The van der Waals surface area contributed by atoms with Crippen molar-refractivity contribution in [2.24, 2.45) is 0 Å². The lowest BCUT2D eigenvalue weighted by Crippen LogP contribution is -2.45. The molecule has 2 aromatic carbocycles. The Labute approximate surface area is 196 Å². The number of halogens is 1. The van der Waals surface area contributed by atoms with E-state index >= 15 is 0 Å². The van der Waals surface area contributed by atoms with Gasteiger partial charge in [0, 0.05) is 35.8 Å². The van der Waals surface area contributed by atoms with Gasteiger partial charge in [-0.1, -0.05) is 23.7 Å². The number of aromatic amines is 1. The molecule has 3 aromatic rings. The lowest BCUT2D eigenvalue weighted by molar-refractivity contribution is -0.122. The number of hydrogen-bond acceptors (Lipinski definition) is 5. The molecular formula is C23H25ClN4O3S. The molecule has 0 saturated carbocycles. The Morgan fingerprint density at radius 3 is 2.56 bits per heavy atom. The van der Waals surface area contributed by atoms with E-state index in [-0.39, 0.29) is 17.9 Å². The number of rotatable bonds is 7. The van der Waals surface area contributed by atoms with Crippen molar-refractivity contribution < 1.29 is 14.3 Å². The summed E-state index contributed by atoms with van der Waals surface area (Å²) < 4.78 is 12.9. The van der Waals surface area contributed by atoms with E-state index in [9.17, 15) is 4.79 Å². The average molecular weight is 473 g/mol. The molecule has 2 N–H and O–H groups in total. The molecule has 1 aliphatic rings. The van der Waals surface area contributed by atoms with Gasteiger partial charge in [-0.2, -0.15) is 5.10 Å². The number of carbonyl (C=O) groups excluding carboxylic acids is 1. The first-order valence-electron chi connectivity index (χ1n) is 10.4. The minimum Gasteiger partial charge on any atom is -0.497 e. The van der Waals surface area contributed by atoms with Crippen molar-refractivity contribution in [3.63, 3.8) is 0 Å². The molecule has 0 atom stereocenters. The smallest absolute Gasteiger partial charge is 0.240 e. The number of benzene rings is 2. The van der Waals surface area contributed by atoms with E-state index in [2.05, 4.69) is 15.5 Å². The summed E-state index contributed by atoms with van der Waals surface area (Å²) in [7, 11) is 1.62. The first-order chi connectivity index (χ1) is 15.5. The molecule has 4 rings (SSSR count). The van der Waals surface area contributed by atoms with Gasteiger partial charge in [0.05, 0.1) is 7.11 Å². The average Bonchev–Trinajstić information content (AvgIpc) is 3.18. The first kappa shape index (κ1) is 22.5. The highest BCUT2D eigenvalue weighted by Gasteiger charge is 2.35. The molecule has 9 heteroatoms. The molecule has 1 saturated heterocycles. The van der Waals surface area contributed by atoms with Crippen LogP contribution in [0.5, 0.6) is 5.75 Å². The fraction of sp³-hybridized carbons (Fsp3) is 0.348. The molecule has 168 valence electrons. The largest absolute Gasteiger partial charge is 0.497 e. The Morgan fingerprint density at radius 2 is 1.91 bits per heavy atom. The fourth-order valence-corrected chi connectivity index (χ4v) is 4.35. The van der Waals surface area contributed by atoms with Crippen LogP contribution in [0.3, 0.4) is 0 Å². The van der Waals surface area contributed by atoms with Crippen LogP contribution in [0.4, 0.5) is 0 Å². The topological polar surface area (TPSA) is 81.2 Å². The second-order valence-corrected chi connectivity index (χ2v) is 8.67. The molecule has 1 amide bonds. The van der Waals surface area contributed by atoms with Crippen molar-refractivity contribution in [3.8, 4) is 17.1 Å². The van der Waals surface area contributed by atoms with Crippen LogP contribution in [-0.4, -0.2) is 47.5 Å². The third kappa shape index (κ3) is 4.87. The number of amides is 1. The van der Waals surface area contributed by atoms with Gasteiger partial charge in [-0.3, -0.25) is 14.5 Å². The summed E-state index contributed by atoms with van der Waals surface area (Å²) in [6.07, 6.45) is 1.66. The number of methoxy groups -OCH3 is 1. The van der Waals surface area contributed by atoms with Crippen LogP contribution in [0.15, 0.2) is 48.5 Å². The highest BCUT2D eigenvalue weighted by atomic mass is 35.5. The predicted molar refractivity (Wildman–Crippen MR) is 126 cm³/mol. The molecule has 0 unspecified atom stereocenters. The summed E-state index contributed by atoms with van der Waals surface area (Å²) >= 11 is 11.4. The predicted octanol–water partition coefficient (Wildman–Crippen LogP) is 4.13. The van der Waals surface area contributed by atoms with Gasteiger partial charge in [-0.15, -0.1) is 0 Å². The van der Waals surface area contributed by atoms with E-state index in [0.717, 1.165) is 29.7 Å². The Hall–Kier alpha value is -2.68. The van der Waals surface area contributed by atoms with Crippen LogP contribution in [0.25, 0.3) is 11.4 Å². The summed E-state index contributed by atoms with van der Waals surface area (Å²) in [5, 5.41) is 10.9. The van der Waals surface area contributed by atoms with Crippen LogP contribution in [0, 0.1) is 4.77 Å². The quantitative estimate of drug-likeness (QED) is 0.505. The van der Waals surface area contributed by atoms with Gasteiger partial charge in [0.25, 0.3) is 0 Å². The Kier molecular flexibility index (Phi) is 6.93. The number of ether oxygens (including phenoxy) is 2. The minimum atomic E-state index is -0.185. The first-order valence-corrected chi connectivity index (χ1v) is 11.2. The standard InChI is InChI=1S/C23H25ClN4O3S/c1-30-19-8-2-16(3-9-19)21-26-27-22(32)28(21)14-20(29)25-15-23(10-12-31-13-11-23)17-4-6-18(24)7-5-17/h2-9H,10-15H2,1H3,(H,25,29)(H,27,32). The van der Waals surface area contributed by atoms with Crippen molar-refractivity contribution in [1.29, 1.82) is 0 Å². The van der Waals surface area contributed by atoms with Crippen LogP contribution in [0.1, 0.15) is 18.4 Å². The van der Waals surface area contributed by atoms with E-state index < -0.39 is 0 Å². The molecule has 0 spiro atoms. The Balaban J connectivity index is 1.49. The SMILES string of the molecule is COc1ccc(-c2n[nH]c(=S)n2CC(=O)NCC2(c3ccc(Cl)cc3)CCOCC2)cc1. The van der Waals surface area contributed by atoms with Gasteiger partial charge in [0.1, 0.15) is 12.3 Å². The summed E-state index contributed by atoms with van der Waals surface area (Å²) in [6, 6.07) is 15.3. The number of aromatic nitrogens is 3. The number of nitrogens with one attached hydrogen (secondary N) is 2. The molecule has 2 heterocycles. The second kappa shape index (κ2) is 9.85. The zero-order valence-electron chi connectivity index (χ0n) is 17.8. The second-order valence-electron chi connectivity index (χ2n) is 7.84. The van der Waals surface area contributed by atoms with E-state index in [4.69, 9.17) is 33.3 Å². The van der Waals surface area contributed by atoms with Gasteiger partial charge < -0.3 is 14.8 Å². The van der Waals surface area contributed by atoms with Gasteiger partial charge in [0.15, 0.2) is 10.6 Å². The summed E-state index contributed by atoms with van der Waals surface area (Å²) in [6.45, 7) is 1.91. The molecule has 0 bridgehead atoms. The van der Waals surface area contributed by atoms with Crippen LogP contribution < -0.4 is 10.1 Å². The van der Waals surface area contributed by atoms with Crippen LogP contribution in [-0.2, 0) is 21.5 Å². The molecular weight excluding hydrogens is 448 g/mol. The van der Waals surface area contributed by atoms with E-state index in [1.807, 2.05) is 48.5 Å². The van der Waals surface area contributed by atoms with Crippen molar-refractivity contribution >= 4 is 29.7 Å². The van der Waals surface area contributed by atoms with Crippen molar-refractivity contribution in [3.05, 3.63) is 63.9 Å². The lowest BCUT2D eigenvalue weighted by Gasteiger charge is -2.38. The Morgan fingerprint density at radius 1 is 1.22 bits per heavy atom. The van der Waals surface area contributed by atoms with Gasteiger partial charge >= 0.3 is 0 Å². The monoisotopic (exact) mass is 472 g/mol. The zero-order chi connectivity index (χ0) is 22.6. The zero-order valence-corrected chi connectivity index (χ0v) is 19.3. The third-order valence-electron chi connectivity index (χ3n) is 5.94. The number of nitrogens with zero attached hydrogens (tertiary/aromatic N) is 2. The van der Waals surface area contributed by atoms with Gasteiger partial charge in [-0.05, 0) is 67.0 Å². The minimum absolute atomic E-state index is 0.0733. The summed E-state index contributed by atoms with van der Waals surface area (Å²) in [5.74, 6) is 1.22. The molecule has 7 nitrogen and oxygen atoms in total. The van der Waals surface area contributed by atoms with Crippen LogP contribution >= 0.6 is 23.8 Å². The van der Waals surface area contributed by atoms with E-state index in [0.29, 0.717) is 35.4 Å². The molecule has 0 radical (unpaired) electrons. The Bertz CT molecular complexity index is 1120. The van der Waals surface area contributed by atoms with Crippen molar-refractivity contribution in [1.82, 2.24) is 20.1 Å². The molecule has 1 aliphatic heterocycles. The van der Waals surface area contributed by atoms with Crippen molar-refractivity contribution in [2.45, 2.75) is 24.8 Å². The van der Waals surface area contributed by atoms with E-state index in [1.165, 1.54) is 0 Å². The van der Waals surface area contributed by atoms with Crippen molar-refractivity contribution in [2.75, 3.05) is 26.9 Å². The maximum Gasteiger partial charge on any atom is 0.240 e. The fourth-order valence-electron chi connectivity index (χ4n) is 4.03. The molecule has 1 fully saturated rings. The number of hydrogen-bond donors (Lipinski definition) is 2. The van der Waals surface area contributed by atoms with Gasteiger partial charge in [0.2, 0.25) is 5.91 Å². The normalized spacial score (nSPS) is 15.3. The summed E-state index contributed by atoms with van der Waals surface area (Å²) in [4.78, 5) is 12.9. The van der Waals surface area contributed by atoms with Crippen LogP contribution in [0.2, 0.25) is 5.02 Å². The maximum absolute atomic E-state index is 12.9. The molecule has 0 aliphatic carbocycles. The van der Waals surface area contributed by atoms with E-state index in [1.54, 1.807) is 11.7 Å². The number of H-pyrrole nitrogens is 1.